The topological polar surface area (TPSA) is 123 Å². The van der Waals surface area contributed by atoms with Crippen LogP contribution in [0.15, 0.2) is 56.7 Å². The number of aromatic amines is 1. The minimum Gasteiger partial charge on any atom is -0.337 e. The van der Waals surface area contributed by atoms with Gasteiger partial charge in [0.15, 0.2) is 0 Å². The normalized spacial score (nSPS) is 13.1. The van der Waals surface area contributed by atoms with E-state index in [-0.39, 0.29) is 16.5 Å². The number of sulfonamides is 1. The zero-order chi connectivity index (χ0) is 20.8. The van der Waals surface area contributed by atoms with Gasteiger partial charge in [-0.3, -0.25) is 4.57 Å². The smallest absolute Gasteiger partial charge is 0.326 e. The Morgan fingerprint density at radius 1 is 1.17 bits per heavy atom. The lowest BCUT2D eigenvalue weighted by Gasteiger charge is -2.10. The van der Waals surface area contributed by atoms with Crippen molar-refractivity contribution in [2.45, 2.75) is 24.8 Å². The molecule has 0 aliphatic heterocycles. The van der Waals surface area contributed by atoms with Crippen LogP contribution in [0.2, 0.25) is 0 Å². The molecule has 0 aliphatic rings. The zero-order valence-corrected chi connectivity index (χ0v) is 16.8. The first-order chi connectivity index (χ1) is 13.7. The highest BCUT2D eigenvalue weighted by molar-refractivity contribution is 7.89. The van der Waals surface area contributed by atoms with Crippen molar-refractivity contribution < 1.29 is 12.9 Å². The maximum absolute atomic E-state index is 12.5. The van der Waals surface area contributed by atoms with Crippen LogP contribution in [-0.4, -0.2) is 28.1 Å². The minimum atomic E-state index is -3.73. The van der Waals surface area contributed by atoms with Gasteiger partial charge in [0, 0.05) is 12.6 Å². The highest BCUT2D eigenvalue weighted by atomic mass is 32.2. The van der Waals surface area contributed by atoms with Crippen LogP contribution >= 0.6 is 0 Å². The van der Waals surface area contributed by atoms with Crippen molar-refractivity contribution in [2.75, 3.05) is 0 Å². The van der Waals surface area contributed by atoms with Gasteiger partial charge in [-0.25, -0.2) is 13.2 Å². The van der Waals surface area contributed by atoms with Gasteiger partial charge in [0.25, 0.3) is 0 Å². The summed E-state index contributed by atoms with van der Waals surface area (Å²) in [5.74, 6) is 0.435. The number of hydrogen-bond donors (Lipinski definition) is 2. The molecule has 150 valence electrons. The molecule has 4 rings (SSSR count). The van der Waals surface area contributed by atoms with Crippen molar-refractivity contribution in [3.63, 3.8) is 0 Å². The molecule has 9 nitrogen and oxygen atoms in total. The van der Waals surface area contributed by atoms with Crippen LogP contribution in [0.5, 0.6) is 0 Å². The number of hydrogen-bond acceptors (Lipinski definition) is 6. The van der Waals surface area contributed by atoms with Crippen LogP contribution in [-0.2, 0) is 17.1 Å². The van der Waals surface area contributed by atoms with E-state index in [0.29, 0.717) is 16.9 Å². The predicted octanol–water partition coefficient (Wildman–Crippen LogP) is 2.26. The maximum Gasteiger partial charge on any atom is 0.326 e. The third kappa shape index (κ3) is 3.59. The molecule has 0 fully saturated rings. The quantitative estimate of drug-likeness (QED) is 0.517. The van der Waals surface area contributed by atoms with E-state index >= 15 is 0 Å². The van der Waals surface area contributed by atoms with E-state index in [1.807, 2.05) is 6.92 Å². The van der Waals surface area contributed by atoms with Crippen LogP contribution in [0.25, 0.3) is 22.4 Å². The molecule has 10 heteroatoms. The Labute approximate surface area is 166 Å². The van der Waals surface area contributed by atoms with E-state index in [4.69, 9.17) is 4.52 Å². The first-order valence-electron chi connectivity index (χ1n) is 8.86. The third-order valence-electron chi connectivity index (χ3n) is 4.64. The number of fused-ring (bicyclic) bond motifs is 1. The summed E-state index contributed by atoms with van der Waals surface area (Å²) < 4.78 is 34.4. The molecule has 0 saturated heterocycles. The minimum absolute atomic E-state index is 0.136. The predicted molar refractivity (Wildman–Crippen MR) is 107 cm³/mol. The Balaban J connectivity index is 1.58. The molecule has 0 spiro atoms. The molecular weight excluding hydrogens is 394 g/mol. The van der Waals surface area contributed by atoms with Crippen molar-refractivity contribution in [2.24, 2.45) is 7.05 Å². The molecular formula is C19H19N5O4S. The molecule has 0 saturated carbocycles. The molecule has 29 heavy (non-hydrogen) atoms. The maximum atomic E-state index is 12.5. The Bertz CT molecular complexity index is 1350. The van der Waals surface area contributed by atoms with Gasteiger partial charge in [0.05, 0.1) is 22.0 Å². The van der Waals surface area contributed by atoms with Crippen molar-refractivity contribution >= 4 is 21.1 Å². The summed E-state index contributed by atoms with van der Waals surface area (Å²) in [6.07, 6.45) is 0. The van der Waals surface area contributed by atoms with Crippen LogP contribution in [0.1, 0.15) is 24.4 Å². The molecule has 2 N–H and O–H groups in total. The second kappa shape index (κ2) is 6.98. The fraction of sp³-hybridized carbons (Fsp3) is 0.211. The van der Waals surface area contributed by atoms with Crippen molar-refractivity contribution in [3.05, 3.63) is 64.4 Å². The van der Waals surface area contributed by atoms with Gasteiger partial charge in [-0.05, 0) is 44.2 Å². The Kier molecular flexibility index (Phi) is 4.59. The number of rotatable bonds is 5. The Morgan fingerprint density at radius 2 is 1.90 bits per heavy atom. The molecule has 1 atom stereocenters. The Morgan fingerprint density at radius 3 is 2.62 bits per heavy atom. The fourth-order valence-corrected chi connectivity index (χ4v) is 4.17. The first-order valence-corrected chi connectivity index (χ1v) is 10.3. The summed E-state index contributed by atoms with van der Waals surface area (Å²) >= 11 is 0. The average Bonchev–Trinajstić information content (AvgIpc) is 3.27. The second-order valence-electron chi connectivity index (χ2n) is 6.83. The highest BCUT2D eigenvalue weighted by Crippen LogP contribution is 2.23. The van der Waals surface area contributed by atoms with Crippen molar-refractivity contribution in [1.29, 1.82) is 0 Å². The van der Waals surface area contributed by atoms with E-state index in [1.165, 1.54) is 4.57 Å². The van der Waals surface area contributed by atoms with Crippen LogP contribution in [0, 0.1) is 6.92 Å². The summed E-state index contributed by atoms with van der Waals surface area (Å²) in [5, 5.41) is 3.94. The molecule has 0 bridgehead atoms. The summed E-state index contributed by atoms with van der Waals surface area (Å²) in [4.78, 5) is 19.0. The summed E-state index contributed by atoms with van der Waals surface area (Å²) in [7, 11) is -2.06. The van der Waals surface area contributed by atoms with Crippen molar-refractivity contribution in [3.8, 4) is 11.4 Å². The summed E-state index contributed by atoms with van der Waals surface area (Å²) in [5.41, 5.74) is 2.79. The summed E-state index contributed by atoms with van der Waals surface area (Å²) in [6, 6.07) is 11.1. The Hall–Kier alpha value is -3.24. The van der Waals surface area contributed by atoms with E-state index in [0.717, 1.165) is 11.1 Å². The van der Waals surface area contributed by atoms with E-state index in [1.54, 1.807) is 56.4 Å². The van der Waals surface area contributed by atoms with E-state index in [9.17, 15) is 13.2 Å². The lowest BCUT2D eigenvalue weighted by molar-refractivity contribution is 0.354. The lowest BCUT2D eigenvalue weighted by Crippen LogP contribution is -2.27. The van der Waals surface area contributed by atoms with Crippen LogP contribution in [0.3, 0.4) is 0 Å². The van der Waals surface area contributed by atoms with E-state index in [2.05, 4.69) is 19.8 Å². The molecule has 2 heterocycles. The first kappa shape index (κ1) is 19.1. The van der Waals surface area contributed by atoms with Crippen LogP contribution < -0.4 is 10.4 Å². The number of nitrogens with one attached hydrogen (secondary N) is 2. The van der Waals surface area contributed by atoms with Crippen molar-refractivity contribution in [1.82, 2.24) is 24.4 Å². The number of nitrogens with zero attached hydrogens (tertiary/aromatic N) is 3. The number of aryl methyl sites for hydroxylation is 2. The van der Waals surface area contributed by atoms with Gasteiger partial charge < -0.3 is 9.51 Å². The summed E-state index contributed by atoms with van der Waals surface area (Å²) in [6.45, 7) is 3.51. The molecule has 0 aliphatic carbocycles. The number of benzene rings is 2. The SMILES string of the molecule is Cc1ccc(S(=O)(=O)N[C@@H](C)c2nc(-c3ccc4c(c3)[nH]c(=O)n4C)no2)cc1. The third-order valence-corrected chi connectivity index (χ3v) is 6.19. The van der Waals surface area contributed by atoms with Gasteiger partial charge in [-0.1, -0.05) is 22.9 Å². The highest BCUT2D eigenvalue weighted by Gasteiger charge is 2.23. The monoisotopic (exact) mass is 413 g/mol. The zero-order valence-electron chi connectivity index (χ0n) is 16.0. The largest absolute Gasteiger partial charge is 0.337 e. The van der Waals surface area contributed by atoms with Gasteiger partial charge in [0.1, 0.15) is 0 Å². The molecule has 0 unspecified atom stereocenters. The lowest BCUT2D eigenvalue weighted by atomic mass is 10.2. The van der Waals surface area contributed by atoms with Gasteiger partial charge in [-0.15, -0.1) is 0 Å². The van der Waals surface area contributed by atoms with Gasteiger partial charge >= 0.3 is 5.69 Å². The van der Waals surface area contributed by atoms with Crippen LogP contribution in [0.4, 0.5) is 0 Å². The average molecular weight is 413 g/mol. The molecule has 0 radical (unpaired) electrons. The molecule has 0 amide bonds. The van der Waals surface area contributed by atoms with Gasteiger partial charge in [-0.2, -0.15) is 9.71 Å². The standard InChI is InChI=1S/C19H19N5O4S/c1-11-4-7-14(8-5-11)29(26,27)23-12(2)18-21-17(22-28-18)13-6-9-16-15(10-13)20-19(25)24(16)3/h4-10,12,23H,1-3H3,(H,20,25)/t12-/m0/s1. The number of H-pyrrole nitrogens is 1. The molecule has 2 aromatic heterocycles. The number of imidazole rings is 1. The van der Waals surface area contributed by atoms with Gasteiger partial charge in [0.2, 0.25) is 21.7 Å². The molecule has 4 aromatic rings. The molecule has 2 aromatic carbocycles. The second-order valence-corrected chi connectivity index (χ2v) is 8.55. The van der Waals surface area contributed by atoms with E-state index < -0.39 is 16.1 Å². The fourth-order valence-electron chi connectivity index (χ4n) is 2.97. The number of aromatic nitrogens is 4.